The summed E-state index contributed by atoms with van der Waals surface area (Å²) in [6.45, 7) is 1.51. The molecule has 0 aliphatic carbocycles. The van der Waals surface area contributed by atoms with Gasteiger partial charge in [0.25, 0.3) is 0 Å². The fraction of sp³-hybridized carbons (Fsp3) is 0.409. The lowest BCUT2D eigenvalue weighted by atomic mass is 9.97. The van der Waals surface area contributed by atoms with Crippen molar-refractivity contribution in [3.05, 3.63) is 65.8 Å². The molecule has 30 heavy (non-hydrogen) atoms. The molecule has 0 saturated carbocycles. The van der Waals surface area contributed by atoms with Gasteiger partial charge in [0.15, 0.2) is 0 Å². The van der Waals surface area contributed by atoms with Crippen LogP contribution in [0.5, 0.6) is 0 Å². The number of nitrogens with zero attached hydrogens (tertiary/aromatic N) is 4. The topological polar surface area (TPSA) is 55.1 Å². The maximum Gasteiger partial charge on any atom is 0.416 e. The van der Waals surface area contributed by atoms with E-state index in [1.807, 2.05) is 24.4 Å². The lowest BCUT2D eigenvalue weighted by molar-refractivity contribution is -0.137. The number of alkyl halides is 3. The molecule has 1 fully saturated rings. The zero-order chi connectivity index (χ0) is 21.0. The van der Waals surface area contributed by atoms with Gasteiger partial charge in [0, 0.05) is 23.5 Å². The Kier molecular flexibility index (Phi) is 6.13. The molecular formula is C22H23F3N4O. The van der Waals surface area contributed by atoms with Crippen LogP contribution >= 0.6 is 0 Å². The van der Waals surface area contributed by atoms with Crippen molar-refractivity contribution in [1.29, 1.82) is 0 Å². The number of aromatic nitrogens is 3. The van der Waals surface area contributed by atoms with Crippen LogP contribution in [0.4, 0.5) is 13.2 Å². The lowest BCUT2D eigenvalue weighted by Gasteiger charge is -2.34. The number of piperidine rings is 1. The van der Waals surface area contributed by atoms with Crippen molar-refractivity contribution in [2.24, 2.45) is 0 Å². The van der Waals surface area contributed by atoms with E-state index in [2.05, 4.69) is 20.0 Å². The van der Waals surface area contributed by atoms with Gasteiger partial charge in [-0.3, -0.25) is 9.88 Å². The van der Waals surface area contributed by atoms with Gasteiger partial charge in [0.05, 0.1) is 12.1 Å². The minimum Gasteiger partial charge on any atom is -0.338 e. The molecule has 5 nitrogen and oxygen atoms in total. The van der Waals surface area contributed by atoms with Crippen LogP contribution in [-0.2, 0) is 19.1 Å². The van der Waals surface area contributed by atoms with Crippen molar-refractivity contribution in [2.45, 2.75) is 50.9 Å². The molecule has 3 heterocycles. The van der Waals surface area contributed by atoms with Crippen LogP contribution in [-0.4, -0.2) is 32.6 Å². The second-order valence-electron chi connectivity index (χ2n) is 7.57. The number of benzene rings is 1. The van der Waals surface area contributed by atoms with E-state index in [9.17, 15) is 13.2 Å². The molecule has 0 spiro atoms. The standard InChI is InChI=1S/C22H23F3N4O/c23-22(24,25)17-9-7-16(8-10-17)21-27-20(30-28-21)15-29-14-4-2-6-19(29)12-11-18-5-1-3-13-26-18/h1,3,5,7-10,13,19H,2,4,6,11-12,14-15H2/t19-/m0/s1. The second-order valence-corrected chi connectivity index (χ2v) is 7.57. The van der Waals surface area contributed by atoms with Crippen molar-refractivity contribution in [3.63, 3.8) is 0 Å². The molecule has 1 saturated heterocycles. The Morgan fingerprint density at radius 2 is 1.90 bits per heavy atom. The Balaban J connectivity index is 1.40. The van der Waals surface area contributed by atoms with Gasteiger partial charge in [-0.15, -0.1) is 0 Å². The highest BCUT2D eigenvalue weighted by Gasteiger charge is 2.30. The van der Waals surface area contributed by atoms with Crippen LogP contribution < -0.4 is 0 Å². The third-order valence-corrected chi connectivity index (χ3v) is 5.49. The van der Waals surface area contributed by atoms with E-state index >= 15 is 0 Å². The fourth-order valence-electron chi connectivity index (χ4n) is 3.87. The molecule has 0 N–H and O–H groups in total. The summed E-state index contributed by atoms with van der Waals surface area (Å²) in [6.07, 6.45) is 2.82. The smallest absolute Gasteiger partial charge is 0.338 e. The normalized spacial score (nSPS) is 17.9. The summed E-state index contributed by atoms with van der Waals surface area (Å²) in [5, 5.41) is 3.96. The molecule has 3 aromatic rings. The minimum atomic E-state index is -4.36. The molecule has 0 amide bonds. The van der Waals surface area contributed by atoms with E-state index in [-0.39, 0.29) is 0 Å². The van der Waals surface area contributed by atoms with Gasteiger partial charge in [-0.25, -0.2) is 0 Å². The van der Waals surface area contributed by atoms with Crippen LogP contribution in [0.15, 0.2) is 53.2 Å². The quantitative estimate of drug-likeness (QED) is 0.557. The van der Waals surface area contributed by atoms with E-state index in [1.54, 1.807) is 0 Å². The van der Waals surface area contributed by atoms with E-state index in [1.165, 1.54) is 18.6 Å². The lowest BCUT2D eigenvalue weighted by Crippen LogP contribution is -2.39. The molecule has 0 radical (unpaired) electrons. The van der Waals surface area contributed by atoms with Crippen LogP contribution in [0.3, 0.4) is 0 Å². The van der Waals surface area contributed by atoms with Gasteiger partial charge >= 0.3 is 6.18 Å². The Labute approximate surface area is 172 Å². The predicted octanol–water partition coefficient (Wildman–Crippen LogP) is 5.14. The average Bonchev–Trinajstić information content (AvgIpc) is 3.22. The van der Waals surface area contributed by atoms with Gasteiger partial charge in [0.2, 0.25) is 11.7 Å². The second kappa shape index (κ2) is 8.95. The van der Waals surface area contributed by atoms with Gasteiger partial charge in [-0.05, 0) is 56.5 Å². The first-order valence-electron chi connectivity index (χ1n) is 10.1. The maximum absolute atomic E-state index is 12.7. The van der Waals surface area contributed by atoms with E-state index < -0.39 is 11.7 Å². The molecule has 0 unspecified atom stereocenters. The fourth-order valence-corrected chi connectivity index (χ4v) is 3.87. The number of aryl methyl sites for hydroxylation is 1. The number of pyridine rings is 1. The first kappa shape index (κ1) is 20.5. The molecule has 1 atom stereocenters. The highest BCUT2D eigenvalue weighted by Crippen LogP contribution is 2.30. The summed E-state index contributed by atoms with van der Waals surface area (Å²) >= 11 is 0. The molecule has 8 heteroatoms. The summed E-state index contributed by atoms with van der Waals surface area (Å²) in [6, 6.07) is 11.2. The molecular weight excluding hydrogens is 393 g/mol. The SMILES string of the molecule is FC(F)(F)c1ccc(-c2noc(CN3CCCC[C@H]3CCc3ccccn3)n2)cc1. The van der Waals surface area contributed by atoms with E-state index in [0.717, 1.165) is 50.1 Å². The zero-order valence-electron chi connectivity index (χ0n) is 16.5. The summed E-state index contributed by atoms with van der Waals surface area (Å²) in [4.78, 5) is 11.2. The van der Waals surface area contributed by atoms with Crippen molar-refractivity contribution < 1.29 is 17.7 Å². The summed E-state index contributed by atoms with van der Waals surface area (Å²) in [7, 11) is 0. The van der Waals surface area contributed by atoms with Crippen LogP contribution in [0.1, 0.15) is 42.8 Å². The molecule has 1 aromatic carbocycles. The Bertz CT molecular complexity index is 941. The maximum atomic E-state index is 12.7. The first-order chi connectivity index (χ1) is 14.5. The monoisotopic (exact) mass is 416 g/mol. The Morgan fingerprint density at radius 1 is 1.07 bits per heavy atom. The third-order valence-electron chi connectivity index (χ3n) is 5.49. The molecule has 4 rings (SSSR count). The molecule has 1 aliphatic heterocycles. The van der Waals surface area contributed by atoms with Crippen LogP contribution in [0.2, 0.25) is 0 Å². The molecule has 2 aromatic heterocycles. The summed E-state index contributed by atoms with van der Waals surface area (Å²) < 4.78 is 43.6. The van der Waals surface area contributed by atoms with Gasteiger partial charge in [-0.1, -0.05) is 29.8 Å². The molecule has 0 bridgehead atoms. The van der Waals surface area contributed by atoms with Gasteiger partial charge in [-0.2, -0.15) is 18.2 Å². The zero-order valence-corrected chi connectivity index (χ0v) is 16.5. The van der Waals surface area contributed by atoms with Crippen molar-refractivity contribution in [1.82, 2.24) is 20.0 Å². The number of hydrogen-bond donors (Lipinski definition) is 0. The largest absolute Gasteiger partial charge is 0.416 e. The number of likely N-dealkylation sites (tertiary alicyclic amines) is 1. The van der Waals surface area contributed by atoms with Gasteiger partial charge in [0.1, 0.15) is 0 Å². The minimum absolute atomic E-state index is 0.306. The highest BCUT2D eigenvalue weighted by atomic mass is 19.4. The van der Waals surface area contributed by atoms with Crippen molar-refractivity contribution in [2.75, 3.05) is 6.54 Å². The first-order valence-corrected chi connectivity index (χ1v) is 10.1. The molecule has 158 valence electrons. The van der Waals surface area contributed by atoms with Gasteiger partial charge < -0.3 is 4.52 Å². The number of hydrogen-bond acceptors (Lipinski definition) is 5. The van der Waals surface area contributed by atoms with Crippen LogP contribution in [0.25, 0.3) is 11.4 Å². The van der Waals surface area contributed by atoms with Crippen molar-refractivity contribution >= 4 is 0 Å². The number of rotatable bonds is 6. The average molecular weight is 416 g/mol. The highest BCUT2D eigenvalue weighted by molar-refractivity contribution is 5.54. The summed E-state index contributed by atoms with van der Waals surface area (Å²) in [5.41, 5.74) is 0.896. The molecule has 1 aliphatic rings. The predicted molar refractivity (Wildman–Crippen MR) is 105 cm³/mol. The Morgan fingerprint density at radius 3 is 2.63 bits per heavy atom. The number of halogens is 3. The van der Waals surface area contributed by atoms with E-state index in [4.69, 9.17) is 4.52 Å². The third kappa shape index (κ3) is 5.05. The van der Waals surface area contributed by atoms with E-state index in [0.29, 0.717) is 29.9 Å². The van der Waals surface area contributed by atoms with Crippen LogP contribution in [0, 0.1) is 0 Å². The Hall–Kier alpha value is -2.74. The summed E-state index contributed by atoms with van der Waals surface area (Å²) in [5.74, 6) is 0.787. The van der Waals surface area contributed by atoms with Crippen molar-refractivity contribution in [3.8, 4) is 11.4 Å².